The van der Waals surface area contributed by atoms with E-state index in [2.05, 4.69) is 184 Å². The van der Waals surface area contributed by atoms with E-state index in [1.807, 2.05) is 97.1 Å². The largest absolute Gasteiger partial charge is 0.457 e. The van der Waals surface area contributed by atoms with Gasteiger partial charge in [-0.25, -0.2) is 17.6 Å². The molecule has 0 radical (unpaired) electrons. The third-order valence-corrected chi connectivity index (χ3v) is 21.2. The van der Waals surface area contributed by atoms with Gasteiger partial charge in [0.1, 0.15) is 57.6 Å². The molecule has 14 aromatic carbocycles. The van der Waals surface area contributed by atoms with E-state index in [-0.39, 0.29) is 11.4 Å². The van der Waals surface area contributed by atoms with Crippen LogP contribution in [0.5, 0.6) is 23.0 Å². The molecule has 0 heterocycles. The summed E-state index contributed by atoms with van der Waals surface area (Å²) < 4.78 is 79.9. The molecule has 0 aromatic heterocycles. The fourth-order valence-electron chi connectivity index (χ4n) is 16.1. The highest BCUT2D eigenvalue weighted by Gasteiger charge is 2.48. The molecule has 2 unspecified atom stereocenters. The van der Waals surface area contributed by atoms with Crippen LogP contribution in [0.1, 0.15) is 77.9 Å². The van der Waals surface area contributed by atoms with Crippen molar-refractivity contribution in [1.82, 2.24) is 0 Å². The van der Waals surface area contributed by atoms with E-state index in [9.17, 15) is 0 Å². The van der Waals surface area contributed by atoms with Gasteiger partial charge in [0, 0.05) is 22.7 Å². The number of rotatable bonds is 15. The van der Waals surface area contributed by atoms with Crippen LogP contribution in [0.15, 0.2) is 303 Å². The quantitative estimate of drug-likeness (QED) is 0.0955. The van der Waals surface area contributed by atoms with E-state index >= 15 is 17.6 Å². The van der Waals surface area contributed by atoms with Gasteiger partial charge in [-0.2, -0.15) is 0 Å². The predicted octanol–water partition coefficient (Wildman–Crippen LogP) is 24.0. The van der Waals surface area contributed by atoms with Crippen LogP contribution in [0.2, 0.25) is 0 Å². The van der Waals surface area contributed by atoms with E-state index in [4.69, 9.17) is 9.47 Å². The van der Waals surface area contributed by atoms with Crippen molar-refractivity contribution in [3.63, 3.8) is 0 Å². The summed E-state index contributed by atoms with van der Waals surface area (Å²) in [5.41, 5.74) is 21.5. The zero-order valence-electron chi connectivity index (χ0n) is 54.9. The standard InChI is InChI=1S/C92H64F4N2O2/c1-57-17-31-65(32-18-57)91(67-35-47-73(48-36-67)99-75-45-29-61-21-23-63(61)53-75)81-11-5-3-9-77(81)79-51-43-71(55-83(79)91)97(89-85(93)13-7-14-86(89)94)69-39-25-59(26-40-69)60-27-41-70(42-28-60)98(90-87(95)15-8-16-88(90)96)72-44-52-80-78-10-4-6-12-82(78)92(84(80)56-72,66-33-19-58(2)20-34-66)68-37-49-74(50-38-68)100-76-46-30-62-22-24-64(62)54-76/h3-20,25-56H,21-24H2,1-2H3. The zero-order chi connectivity index (χ0) is 67.4. The molecule has 4 aliphatic carbocycles. The van der Waals surface area contributed by atoms with E-state index in [1.54, 1.807) is 9.80 Å². The van der Waals surface area contributed by atoms with Crippen LogP contribution < -0.4 is 19.3 Å². The number of ether oxygens (including phenoxy) is 2. The van der Waals surface area contributed by atoms with Gasteiger partial charge in [0.05, 0.1) is 10.8 Å². The van der Waals surface area contributed by atoms with E-state index < -0.39 is 34.1 Å². The smallest absolute Gasteiger partial charge is 0.150 e. The Kier molecular flexibility index (Phi) is 14.5. The fourth-order valence-corrected chi connectivity index (χ4v) is 16.1. The number of hydrogen-bond donors (Lipinski definition) is 0. The number of fused-ring (bicyclic) bond motifs is 8. The Bertz CT molecular complexity index is 5170. The average Bonchev–Trinajstić information content (AvgIpc) is 1.53. The molecule has 0 N–H and O–H groups in total. The molecule has 4 nitrogen and oxygen atoms in total. The van der Waals surface area contributed by atoms with E-state index in [0.717, 1.165) is 126 Å². The van der Waals surface area contributed by atoms with Gasteiger partial charge in [-0.1, -0.05) is 193 Å². The van der Waals surface area contributed by atoms with Crippen molar-refractivity contribution >= 4 is 34.1 Å². The minimum atomic E-state index is -0.863. The summed E-state index contributed by atoms with van der Waals surface area (Å²) in [4.78, 5) is 3.32. The van der Waals surface area contributed by atoms with Gasteiger partial charge in [0.15, 0.2) is 0 Å². The van der Waals surface area contributed by atoms with Crippen molar-refractivity contribution in [2.24, 2.45) is 0 Å². The topological polar surface area (TPSA) is 24.9 Å². The molecule has 2 atom stereocenters. The number of anilines is 6. The van der Waals surface area contributed by atoms with E-state index in [1.165, 1.54) is 58.7 Å². The van der Waals surface area contributed by atoms with Crippen LogP contribution in [0.4, 0.5) is 51.7 Å². The van der Waals surface area contributed by atoms with Crippen LogP contribution in [-0.4, -0.2) is 0 Å². The average molecular weight is 1310 g/mol. The fraction of sp³-hybridized carbons (Fsp3) is 0.0870. The number of para-hydroxylation sites is 2. The number of benzene rings is 14. The zero-order valence-corrected chi connectivity index (χ0v) is 54.9. The minimum absolute atomic E-state index is 0.224. The highest BCUT2D eigenvalue weighted by Crippen LogP contribution is 2.60. The van der Waals surface area contributed by atoms with Crippen molar-refractivity contribution in [3.8, 4) is 56.4 Å². The Morgan fingerprint density at radius 1 is 0.270 bits per heavy atom. The highest BCUT2D eigenvalue weighted by atomic mass is 19.1. The van der Waals surface area contributed by atoms with Crippen LogP contribution >= 0.6 is 0 Å². The Balaban J connectivity index is 0.720. The highest BCUT2D eigenvalue weighted by molar-refractivity contribution is 5.92. The van der Waals surface area contributed by atoms with Crippen LogP contribution in [0.3, 0.4) is 0 Å². The van der Waals surface area contributed by atoms with Gasteiger partial charge in [-0.3, -0.25) is 0 Å². The summed E-state index contributed by atoms with van der Waals surface area (Å²) in [5.74, 6) is 0.125. The maximum atomic E-state index is 16.7. The Labute approximate surface area is 578 Å². The number of nitrogens with zero attached hydrogens (tertiary/aromatic N) is 2. The van der Waals surface area contributed by atoms with Gasteiger partial charge in [0.25, 0.3) is 0 Å². The summed E-state index contributed by atoms with van der Waals surface area (Å²) in [7, 11) is 0. The molecule has 8 heteroatoms. The second kappa shape index (κ2) is 23.9. The number of hydrogen-bond acceptors (Lipinski definition) is 4. The first-order chi connectivity index (χ1) is 49.0. The lowest BCUT2D eigenvalue weighted by Crippen LogP contribution is -2.29. The first kappa shape index (κ1) is 60.4. The lowest BCUT2D eigenvalue weighted by molar-refractivity contribution is 0.480. The third-order valence-electron chi connectivity index (χ3n) is 21.2. The molecule has 0 spiro atoms. The number of aryl methyl sites for hydroxylation is 6. The molecule has 4 aliphatic rings. The third kappa shape index (κ3) is 9.78. The molecule has 0 aliphatic heterocycles. The van der Waals surface area contributed by atoms with Gasteiger partial charge < -0.3 is 19.3 Å². The number of halogens is 4. The molecule has 100 heavy (non-hydrogen) atoms. The normalized spacial score (nSPS) is 15.6. The molecule has 0 saturated heterocycles. The van der Waals surface area contributed by atoms with E-state index in [0.29, 0.717) is 34.2 Å². The molecule has 482 valence electrons. The molecule has 14 aromatic rings. The maximum Gasteiger partial charge on any atom is 0.150 e. The first-order valence-corrected chi connectivity index (χ1v) is 34.1. The van der Waals surface area contributed by atoms with Crippen LogP contribution in [-0.2, 0) is 36.5 Å². The van der Waals surface area contributed by atoms with Crippen LogP contribution in [0.25, 0.3) is 33.4 Å². The molecule has 0 amide bonds. The summed E-state index contributed by atoms with van der Waals surface area (Å²) >= 11 is 0. The summed E-state index contributed by atoms with van der Waals surface area (Å²) in [6.07, 6.45) is 4.29. The summed E-state index contributed by atoms with van der Waals surface area (Å²) in [6, 6.07) is 98.9. The summed E-state index contributed by atoms with van der Waals surface area (Å²) in [5, 5.41) is 0. The second-order valence-electron chi connectivity index (χ2n) is 26.8. The predicted molar refractivity (Wildman–Crippen MR) is 393 cm³/mol. The second-order valence-corrected chi connectivity index (χ2v) is 26.8. The minimum Gasteiger partial charge on any atom is -0.457 e. The lowest BCUT2D eigenvalue weighted by Gasteiger charge is -2.35. The lowest BCUT2D eigenvalue weighted by atomic mass is 9.67. The molecule has 0 fully saturated rings. The Hall–Kier alpha value is -12.0. The molecule has 18 rings (SSSR count). The van der Waals surface area contributed by atoms with Gasteiger partial charge in [0.2, 0.25) is 0 Å². The monoisotopic (exact) mass is 1300 g/mol. The van der Waals surface area contributed by atoms with Crippen molar-refractivity contribution in [1.29, 1.82) is 0 Å². The van der Waals surface area contributed by atoms with Crippen molar-refractivity contribution in [2.75, 3.05) is 9.80 Å². The SMILES string of the molecule is Cc1ccc(C2(c3ccc(Oc4ccc5c(c4)CC5)cc3)c3ccccc3-c3ccc(N(c4ccc(-c5ccc(N(c6ccc7c(c6)C(c6ccc(C)cc6)(c6ccc(Oc8ccc9c(c8)CC9)cc6)c6ccccc6-7)c6c(F)cccc6F)cc5)cc4)c4c(F)cccc4F)cc32)cc1. The molecular weight excluding hydrogens is 1240 g/mol. The van der Waals surface area contributed by atoms with Crippen molar-refractivity contribution in [3.05, 3.63) is 404 Å². The molecule has 0 bridgehead atoms. The Morgan fingerprint density at radius 2 is 0.590 bits per heavy atom. The van der Waals surface area contributed by atoms with Gasteiger partial charge in [-0.15, -0.1) is 0 Å². The van der Waals surface area contributed by atoms with Gasteiger partial charge in [-0.05, 0) is 261 Å². The van der Waals surface area contributed by atoms with Gasteiger partial charge >= 0.3 is 0 Å². The van der Waals surface area contributed by atoms with Crippen molar-refractivity contribution < 1.29 is 27.0 Å². The first-order valence-electron chi connectivity index (χ1n) is 34.1. The van der Waals surface area contributed by atoms with Crippen molar-refractivity contribution in [2.45, 2.75) is 50.4 Å². The Morgan fingerprint density at radius 3 is 0.940 bits per heavy atom. The molecule has 0 saturated carbocycles. The maximum absolute atomic E-state index is 16.7. The van der Waals surface area contributed by atoms with Crippen LogP contribution in [0, 0.1) is 37.1 Å². The molecular formula is C92H64F4N2O2. The summed E-state index contributed by atoms with van der Waals surface area (Å²) in [6.45, 7) is 4.16.